The highest BCUT2D eigenvalue weighted by Crippen LogP contribution is 2.45. The smallest absolute Gasteiger partial charge is 0.410 e. The summed E-state index contributed by atoms with van der Waals surface area (Å²) in [5.41, 5.74) is 4.92. The molecule has 0 N–H and O–H groups in total. The zero-order valence-corrected chi connectivity index (χ0v) is 17.8. The van der Waals surface area contributed by atoms with Crippen LogP contribution in [0.2, 0.25) is 0 Å². The van der Waals surface area contributed by atoms with E-state index in [0.29, 0.717) is 18.8 Å². The molecule has 0 aromatic heterocycles. The van der Waals surface area contributed by atoms with Gasteiger partial charge in [-0.2, -0.15) is 0 Å². The molecule has 0 radical (unpaired) electrons. The molecule has 2 aromatic carbocycles. The Labute approximate surface area is 183 Å². The topological polar surface area (TPSA) is 46.6 Å². The third-order valence-electron chi connectivity index (χ3n) is 7.33. The van der Waals surface area contributed by atoms with Gasteiger partial charge in [-0.05, 0) is 54.4 Å². The third kappa shape index (κ3) is 3.58. The zero-order valence-electron chi connectivity index (χ0n) is 17.8. The van der Waals surface area contributed by atoms with E-state index in [9.17, 15) is 9.59 Å². The number of rotatable bonds is 6. The molecule has 31 heavy (non-hydrogen) atoms. The van der Waals surface area contributed by atoms with Crippen LogP contribution in [-0.2, 0) is 9.53 Å². The van der Waals surface area contributed by atoms with Gasteiger partial charge in [-0.15, -0.1) is 6.58 Å². The third-order valence-corrected chi connectivity index (χ3v) is 7.33. The summed E-state index contributed by atoms with van der Waals surface area (Å²) in [7, 11) is 0. The van der Waals surface area contributed by atoms with Crippen LogP contribution in [0.4, 0.5) is 4.79 Å². The van der Waals surface area contributed by atoms with Crippen LogP contribution < -0.4 is 0 Å². The molecule has 0 spiro atoms. The van der Waals surface area contributed by atoms with Gasteiger partial charge in [0.25, 0.3) is 0 Å². The quantitative estimate of drug-likeness (QED) is 0.568. The van der Waals surface area contributed by atoms with Gasteiger partial charge in [-0.3, -0.25) is 4.79 Å². The van der Waals surface area contributed by atoms with E-state index in [1.807, 2.05) is 17.0 Å². The molecule has 2 bridgehead atoms. The summed E-state index contributed by atoms with van der Waals surface area (Å²) in [6.07, 6.45) is 6.39. The van der Waals surface area contributed by atoms with Crippen molar-refractivity contribution in [2.75, 3.05) is 6.61 Å². The first-order valence-electron chi connectivity index (χ1n) is 11.4. The van der Waals surface area contributed by atoms with Crippen LogP contribution in [0.15, 0.2) is 61.2 Å². The van der Waals surface area contributed by atoms with Crippen molar-refractivity contribution >= 4 is 11.9 Å². The minimum absolute atomic E-state index is 0.0759. The number of hydrogen-bond donors (Lipinski definition) is 0. The average molecular weight is 416 g/mol. The normalized spacial score (nSPS) is 23.9. The van der Waals surface area contributed by atoms with Crippen LogP contribution >= 0.6 is 0 Å². The van der Waals surface area contributed by atoms with Crippen molar-refractivity contribution in [2.24, 2.45) is 5.92 Å². The van der Waals surface area contributed by atoms with Crippen molar-refractivity contribution in [3.05, 3.63) is 72.3 Å². The standard InChI is InChI=1S/C27H29NO3/c1-2-3-12-26(29)18-15-19-13-14-20(16-18)28(19)27(30)31-17-25-23-10-6-4-8-21(23)22-9-5-7-11-24(22)25/h2,4-11,18-20,25H,1,3,12-17H2. The summed E-state index contributed by atoms with van der Waals surface area (Å²) >= 11 is 0. The van der Waals surface area contributed by atoms with Crippen LogP contribution in [0.25, 0.3) is 11.1 Å². The minimum atomic E-state index is -0.216. The fraction of sp³-hybridized carbons (Fsp3) is 0.407. The maximum Gasteiger partial charge on any atom is 0.410 e. The second-order valence-electron chi connectivity index (χ2n) is 9.06. The van der Waals surface area contributed by atoms with Gasteiger partial charge in [-0.1, -0.05) is 54.6 Å². The number of amides is 1. The molecule has 2 aliphatic heterocycles. The Morgan fingerprint density at radius 3 is 2.13 bits per heavy atom. The van der Waals surface area contributed by atoms with E-state index in [-0.39, 0.29) is 30.0 Å². The number of nitrogens with zero attached hydrogens (tertiary/aromatic N) is 1. The first-order valence-corrected chi connectivity index (χ1v) is 11.4. The van der Waals surface area contributed by atoms with Crippen molar-refractivity contribution in [3.8, 4) is 11.1 Å². The molecular formula is C27H29NO3. The number of ether oxygens (including phenoxy) is 1. The molecule has 2 saturated heterocycles. The summed E-state index contributed by atoms with van der Waals surface area (Å²) in [5.74, 6) is 0.478. The summed E-state index contributed by atoms with van der Waals surface area (Å²) in [6.45, 7) is 4.07. The van der Waals surface area contributed by atoms with E-state index >= 15 is 0 Å². The number of fused-ring (bicyclic) bond motifs is 5. The fourth-order valence-corrected chi connectivity index (χ4v) is 5.86. The Morgan fingerprint density at radius 1 is 0.968 bits per heavy atom. The lowest BCUT2D eigenvalue weighted by atomic mass is 9.86. The summed E-state index contributed by atoms with van der Waals surface area (Å²) in [4.78, 5) is 27.5. The molecule has 160 valence electrons. The van der Waals surface area contributed by atoms with E-state index in [4.69, 9.17) is 4.74 Å². The fourth-order valence-electron chi connectivity index (χ4n) is 5.86. The lowest BCUT2D eigenvalue weighted by Gasteiger charge is -2.37. The van der Waals surface area contributed by atoms with Gasteiger partial charge >= 0.3 is 6.09 Å². The molecule has 2 fully saturated rings. The highest BCUT2D eigenvalue weighted by atomic mass is 16.6. The second kappa shape index (κ2) is 8.33. The van der Waals surface area contributed by atoms with Crippen molar-refractivity contribution in [1.82, 2.24) is 4.90 Å². The molecule has 5 rings (SSSR count). The number of carbonyl (C=O) groups excluding carboxylic acids is 2. The van der Waals surface area contributed by atoms with Gasteiger partial charge in [0.2, 0.25) is 0 Å². The molecule has 3 aliphatic rings. The minimum Gasteiger partial charge on any atom is -0.448 e. The van der Waals surface area contributed by atoms with Crippen molar-refractivity contribution in [1.29, 1.82) is 0 Å². The van der Waals surface area contributed by atoms with E-state index in [0.717, 1.165) is 32.1 Å². The molecule has 4 nitrogen and oxygen atoms in total. The Kier molecular flexibility index (Phi) is 5.39. The predicted molar refractivity (Wildman–Crippen MR) is 121 cm³/mol. The molecule has 2 atom stereocenters. The van der Waals surface area contributed by atoms with Crippen LogP contribution in [0, 0.1) is 5.92 Å². The number of ketones is 1. The molecule has 2 heterocycles. The van der Waals surface area contributed by atoms with E-state index in [2.05, 4.69) is 43.0 Å². The molecule has 1 aliphatic carbocycles. The molecule has 2 aromatic rings. The van der Waals surface area contributed by atoms with Crippen LogP contribution in [0.5, 0.6) is 0 Å². The first kappa shape index (κ1) is 20.0. The summed E-state index contributed by atoms with van der Waals surface area (Å²) in [6, 6.07) is 17.0. The molecule has 4 heteroatoms. The highest BCUT2D eigenvalue weighted by Gasteiger charge is 2.45. The number of Topliss-reactive ketones (excluding diaryl/α,β-unsaturated/α-hetero) is 1. The molecule has 1 amide bonds. The maximum atomic E-state index is 13.1. The van der Waals surface area contributed by atoms with E-state index in [1.54, 1.807) is 6.08 Å². The van der Waals surface area contributed by atoms with Crippen LogP contribution in [0.3, 0.4) is 0 Å². The van der Waals surface area contributed by atoms with Gasteiger partial charge < -0.3 is 9.64 Å². The van der Waals surface area contributed by atoms with Gasteiger partial charge in [0.15, 0.2) is 0 Å². The van der Waals surface area contributed by atoms with Crippen LogP contribution in [-0.4, -0.2) is 35.5 Å². The highest BCUT2D eigenvalue weighted by molar-refractivity contribution is 5.82. The monoisotopic (exact) mass is 415 g/mol. The number of piperidine rings is 1. The van der Waals surface area contributed by atoms with E-state index in [1.165, 1.54) is 22.3 Å². The molecule has 2 unspecified atom stereocenters. The Bertz CT molecular complexity index is 954. The Morgan fingerprint density at radius 2 is 1.55 bits per heavy atom. The largest absolute Gasteiger partial charge is 0.448 e. The average Bonchev–Trinajstić information content (AvgIpc) is 3.26. The second-order valence-corrected chi connectivity index (χ2v) is 9.06. The Balaban J connectivity index is 1.26. The van der Waals surface area contributed by atoms with Crippen molar-refractivity contribution < 1.29 is 14.3 Å². The Hall–Kier alpha value is -2.88. The number of benzene rings is 2. The van der Waals surface area contributed by atoms with Crippen molar-refractivity contribution in [3.63, 3.8) is 0 Å². The molecule has 0 saturated carbocycles. The van der Waals surface area contributed by atoms with Crippen molar-refractivity contribution in [2.45, 2.75) is 56.5 Å². The predicted octanol–water partition coefficient (Wildman–Crippen LogP) is 5.71. The zero-order chi connectivity index (χ0) is 21.4. The van der Waals surface area contributed by atoms with Gasteiger partial charge in [0, 0.05) is 30.3 Å². The van der Waals surface area contributed by atoms with Gasteiger partial charge in [0.1, 0.15) is 12.4 Å². The van der Waals surface area contributed by atoms with Gasteiger partial charge in [-0.25, -0.2) is 4.79 Å². The lowest BCUT2D eigenvalue weighted by molar-refractivity contribution is -0.125. The number of allylic oxidation sites excluding steroid dienone is 1. The van der Waals surface area contributed by atoms with E-state index < -0.39 is 0 Å². The summed E-state index contributed by atoms with van der Waals surface area (Å²) < 4.78 is 5.91. The first-order chi connectivity index (χ1) is 15.2. The van der Waals surface area contributed by atoms with Gasteiger partial charge in [0.05, 0.1) is 0 Å². The lowest BCUT2D eigenvalue weighted by Crippen LogP contribution is -2.48. The summed E-state index contributed by atoms with van der Waals surface area (Å²) in [5, 5.41) is 0. The SMILES string of the molecule is C=CCCC(=O)C1CC2CCC(C1)N2C(=O)OCC1c2ccccc2-c2ccccc21. The maximum absolute atomic E-state index is 13.1. The molecular weight excluding hydrogens is 386 g/mol. The number of carbonyl (C=O) groups is 2. The van der Waals surface area contributed by atoms with Crippen LogP contribution in [0.1, 0.15) is 55.6 Å². The number of hydrogen-bond acceptors (Lipinski definition) is 3.